The van der Waals surface area contributed by atoms with Crippen molar-refractivity contribution in [3.8, 4) is 0 Å². The molecule has 18 heavy (non-hydrogen) atoms. The number of hydrogen-bond acceptors (Lipinski definition) is 3. The van der Waals surface area contributed by atoms with Gasteiger partial charge in [-0.15, -0.1) is 0 Å². The number of carbonyl (C=O) groups excluding carboxylic acids is 1. The summed E-state index contributed by atoms with van der Waals surface area (Å²) in [4.78, 5) is 22.2. The van der Waals surface area contributed by atoms with Gasteiger partial charge < -0.3 is 21.5 Å². The summed E-state index contributed by atoms with van der Waals surface area (Å²) in [5.74, 6) is -0.943. The quantitative estimate of drug-likeness (QED) is 0.597. The van der Waals surface area contributed by atoms with Crippen LogP contribution in [0.3, 0.4) is 0 Å². The van der Waals surface area contributed by atoms with Gasteiger partial charge in [-0.25, -0.2) is 4.79 Å². The molecule has 0 spiro atoms. The van der Waals surface area contributed by atoms with Gasteiger partial charge >= 0.3 is 12.0 Å². The molecule has 0 aromatic heterocycles. The van der Waals surface area contributed by atoms with E-state index in [1.54, 1.807) is 24.3 Å². The van der Waals surface area contributed by atoms with Crippen LogP contribution >= 0.6 is 0 Å². The monoisotopic (exact) mass is 251 g/mol. The Morgan fingerprint density at radius 3 is 2.61 bits per heavy atom. The van der Waals surface area contributed by atoms with E-state index < -0.39 is 18.0 Å². The number of para-hydroxylation sites is 2. The van der Waals surface area contributed by atoms with E-state index in [2.05, 4.69) is 10.6 Å². The average Bonchev–Trinajstić information content (AvgIpc) is 2.30. The summed E-state index contributed by atoms with van der Waals surface area (Å²) in [6.07, 6.45) is 0.443. The molecule has 98 valence electrons. The molecule has 1 rings (SSSR count). The van der Waals surface area contributed by atoms with Crippen molar-refractivity contribution in [2.75, 3.05) is 11.1 Å². The summed E-state index contributed by atoms with van der Waals surface area (Å²) in [5.41, 5.74) is 6.63. The molecule has 1 atom stereocenters. The van der Waals surface area contributed by atoms with Crippen molar-refractivity contribution >= 4 is 23.4 Å². The second-order valence-electron chi connectivity index (χ2n) is 3.89. The van der Waals surface area contributed by atoms with Crippen LogP contribution in [0.15, 0.2) is 24.3 Å². The number of benzene rings is 1. The van der Waals surface area contributed by atoms with Crippen LogP contribution in [-0.2, 0) is 4.79 Å². The van der Waals surface area contributed by atoms with E-state index in [0.717, 1.165) is 0 Å². The lowest BCUT2D eigenvalue weighted by Crippen LogP contribution is -2.39. The number of nitrogens with one attached hydrogen (secondary N) is 2. The maximum absolute atomic E-state index is 11.6. The Morgan fingerprint density at radius 1 is 1.39 bits per heavy atom. The molecule has 6 nitrogen and oxygen atoms in total. The van der Waals surface area contributed by atoms with Crippen molar-refractivity contribution in [1.29, 1.82) is 0 Å². The number of carboxylic acids is 1. The first-order chi connectivity index (χ1) is 8.52. The Balaban J connectivity index is 2.55. The lowest BCUT2D eigenvalue weighted by atomic mass is 10.1. The van der Waals surface area contributed by atoms with Gasteiger partial charge in [-0.05, 0) is 18.6 Å². The molecule has 0 saturated heterocycles. The molecule has 1 aromatic rings. The average molecular weight is 251 g/mol. The zero-order valence-corrected chi connectivity index (χ0v) is 10.1. The number of anilines is 2. The second kappa shape index (κ2) is 6.48. The highest BCUT2D eigenvalue weighted by atomic mass is 16.4. The van der Waals surface area contributed by atoms with Crippen LogP contribution in [0.2, 0.25) is 0 Å². The van der Waals surface area contributed by atoms with Crippen LogP contribution in [0.4, 0.5) is 16.2 Å². The zero-order valence-electron chi connectivity index (χ0n) is 10.1. The van der Waals surface area contributed by atoms with E-state index in [9.17, 15) is 9.59 Å². The van der Waals surface area contributed by atoms with Crippen LogP contribution in [0.25, 0.3) is 0 Å². The summed E-state index contributed by atoms with van der Waals surface area (Å²) in [5, 5.41) is 13.8. The van der Waals surface area contributed by atoms with Crippen molar-refractivity contribution in [2.45, 2.75) is 25.8 Å². The van der Waals surface area contributed by atoms with Gasteiger partial charge in [0.2, 0.25) is 0 Å². The Kier molecular flexibility index (Phi) is 4.98. The molecule has 0 fully saturated rings. The summed E-state index contributed by atoms with van der Waals surface area (Å²) >= 11 is 0. The van der Waals surface area contributed by atoms with Crippen molar-refractivity contribution in [3.63, 3.8) is 0 Å². The number of aliphatic carboxylic acids is 1. The summed E-state index contributed by atoms with van der Waals surface area (Å²) in [6, 6.07) is 6.00. The fraction of sp³-hybridized carbons (Fsp3) is 0.333. The maximum Gasteiger partial charge on any atom is 0.319 e. The van der Waals surface area contributed by atoms with Gasteiger partial charge in [0.05, 0.1) is 17.8 Å². The van der Waals surface area contributed by atoms with Crippen LogP contribution < -0.4 is 16.4 Å². The third-order valence-corrected chi connectivity index (χ3v) is 2.46. The Labute approximate surface area is 105 Å². The van der Waals surface area contributed by atoms with Crippen molar-refractivity contribution < 1.29 is 14.7 Å². The van der Waals surface area contributed by atoms with Crippen molar-refractivity contribution in [2.24, 2.45) is 0 Å². The van der Waals surface area contributed by atoms with Crippen molar-refractivity contribution in [3.05, 3.63) is 24.3 Å². The topological polar surface area (TPSA) is 104 Å². The lowest BCUT2D eigenvalue weighted by molar-refractivity contribution is -0.137. The summed E-state index contributed by atoms with van der Waals surface area (Å²) in [6.45, 7) is 1.81. The fourth-order valence-electron chi connectivity index (χ4n) is 1.46. The Bertz CT molecular complexity index is 434. The van der Waals surface area contributed by atoms with Crippen LogP contribution in [0, 0.1) is 0 Å². The molecule has 0 heterocycles. The van der Waals surface area contributed by atoms with Gasteiger partial charge in [0, 0.05) is 6.04 Å². The van der Waals surface area contributed by atoms with E-state index in [0.29, 0.717) is 17.8 Å². The zero-order chi connectivity index (χ0) is 13.5. The van der Waals surface area contributed by atoms with Gasteiger partial charge in [-0.1, -0.05) is 19.1 Å². The molecule has 6 heteroatoms. The molecule has 5 N–H and O–H groups in total. The SMILES string of the molecule is CCC(CC(=O)O)NC(=O)Nc1ccccc1N. The number of rotatable bonds is 5. The minimum absolute atomic E-state index is 0.103. The molecule has 0 aliphatic rings. The highest BCUT2D eigenvalue weighted by molar-refractivity contribution is 5.92. The predicted molar refractivity (Wildman–Crippen MR) is 69.3 cm³/mol. The normalized spacial score (nSPS) is 11.6. The Morgan fingerprint density at radius 2 is 2.06 bits per heavy atom. The largest absolute Gasteiger partial charge is 0.481 e. The summed E-state index contributed by atoms with van der Waals surface area (Å²) in [7, 11) is 0. The minimum atomic E-state index is -0.943. The van der Waals surface area contributed by atoms with E-state index in [1.807, 2.05) is 6.92 Å². The van der Waals surface area contributed by atoms with Gasteiger partial charge in [0.25, 0.3) is 0 Å². The van der Waals surface area contributed by atoms with Crippen LogP contribution in [0.5, 0.6) is 0 Å². The molecule has 0 aliphatic carbocycles. The predicted octanol–water partition coefficient (Wildman–Crippen LogP) is 1.64. The van der Waals surface area contributed by atoms with Gasteiger partial charge in [0.1, 0.15) is 0 Å². The van der Waals surface area contributed by atoms with E-state index in [4.69, 9.17) is 10.8 Å². The molecular formula is C12H17N3O3. The fourth-order valence-corrected chi connectivity index (χ4v) is 1.46. The first-order valence-electron chi connectivity index (χ1n) is 5.66. The third kappa shape index (κ3) is 4.32. The highest BCUT2D eigenvalue weighted by Gasteiger charge is 2.14. The number of nitrogens with two attached hydrogens (primary N) is 1. The van der Waals surface area contributed by atoms with E-state index in [-0.39, 0.29) is 6.42 Å². The second-order valence-corrected chi connectivity index (χ2v) is 3.89. The maximum atomic E-state index is 11.6. The summed E-state index contributed by atoms with van der Waals surface area (Å²) < 4.78 is 0. The van der Waals surface area contributed by atoms with Crippen LogP contribution in [0.1, 0.15) is 19.8 Å². The molecule has 1 unspecified atom stereocenters. The number of hydrogen-bond donors (Lipinski definition) is 4. The van der Waals surface area contributed by atoms with E-state index >= 15 is 0 Å². The molecule has 0 bridgehead atoms. The van der Waals surface area contributed by atoms with Gasteiger partial charge in [-0.2, -0.15) is 0 Å². The smallest absolute Gasteiger partial charge is 0.319 e. The number of urea groups is 1. The first kappa shape index (κ1) is 13.8. The van der Waals surface area contributed by atoms with Crippen molar-refractivity contribution in [1.82, 2.24) is 5.32 Å². The molecular weight excluding hydrogens is 234 g/mol. The standard InChI is InChI=1S/C12H17N3O3/c1-2-8(7-11(16)17)14-12(18)15-10-6-4-3-5-9(10)13/h3-6,8H,2,7,13H2,1H3,(H,16,17)(H2,14,15,18). The number of carboxylic acid groups (broad SMARTS) is 1. The molecule has 0 saturated carbocycles. The minimum Gasteiger partial charge on any atom is -0.481 e. The van der Waals surface area contributed by atoms with Gasteiger partial charge in [-0.3, -0.25) is 4.79 Å². The number of nitrogen functional groups attached to an aromatic ring is 1. The number of carbonyl (C=O) groups is 2. The van der Waals surface area contributed by atoms with Gasteiger partial charge in [0.15, 0.2) is 0 Å². The molecule has 0 radical (unpaired) electrons. The highest BCUT2D eigenvalue weighted by Crippen LogP contribution is 2.16. The lowest BCUT2D eigenvalue weighted by Gasteiger charge is -2.16. The Hall–Kier alpha value is -2.24. The third-order valence-electron chi connectivity index (χ3n) is 2.46. The molecule has 1 aromatic carbocycles. The van der Waals surface area contributed by atoms with E-state index in [1.165, 1.54) is 0 Å². The first-order valence-corrected chi connectivity index (χ1v) is 5.66. The van der Waals surface area contributed by atoms with Crippen LogP contribution in [-0.4, -0.2) is 23.1 Å². The number of amides is 2. The molecule has 2 amide bonds. The molecule has 0 aliphatic heterocycles.